The largest absolute Gasteiger partial charge is 0.493 e. The summed E-state index contributed by atoms with van der Waals surface area (Å²) in [6.45, 7) is 3.84. The highest BCUT2D eigenvalue weighted by Gasteiger charge is 2.33. The van der Waals surface area contributed by atoms with Crippen LogP contribution in [0.4, 0.5) is 13.2 Å². The quantitative estimate of drug-likeness (QED) is 0.346. The van der Waals surface area contributed by atoms with Gasteiger partial charge in [-0.1, -0.05) is 35.8 Å². The number of hydrogen-bond acceptors (Lipinski definition) is 4. The van der Waals surface area contributed by atoms with Gasteiger partial charge in [-0.15, -0.1) is 0 Å². The van der Waals surface area contributed by atoms with Gasteiger partial charge in [-0.25, -0.2) is 0 Å². The van der Waals surface area contributed by atoms with E-state index in [2.05, 4.69) is 11.9 Å². The monoisotopic (exact) mass is 569 g/mol. The molecule has 11 heteroatoms. The fourth-order valence-electron chi connectivity index (χ4n) is 3.81. The van der Waals surface area contributed by atoms with Crippen molar-refractivity contribution in [2.75, 3.05) is 19.8 Å². The SMILES string of the molecule is C=CC1=C(/C=C(/Cl)COc2ccc(C(=O)NCCc3ccc(Cl)cc3C(F)(F)F)cc2)C(C(=O)O)CCO1. The molecule has 2 N–H and O–H groups in total. The number of halogens is 5. The molecule has 2 aromatic carbocycles. The van der Waals surface area contributed by atoms with Crippen LogP contribution in [0.2, 0.25) is 5.02 Å². The number of alkyl halides is 3. The minimum atomic E-state index is -4.55. The van der Waals surface area contributed by atoms with E-state index < -0.39 is 29.5 Å². The zero-order chi connectivity index (χ0) is 27.9. The first-order valence-corrected chi connectivity index (χ1v) is 12.2. The highest BCUT2D eigenvalue weighted by atomic mass is 35.5. The molecule has 1 atom stereocenters. The fourth-order valence-corrected chi connectivity index (χ4v) is 4.16. The number of carboxylic acids is 1. The topological polar surface area (TPSA) is 84.9 Å². The van der Waals surface area contributed by atoms with Crippen molar-refractivity contribution in [3.63, 3.8) is 0 Å². The second-order valence-electron chi connectivity index (χ2n) is 8.26. The van der Waals surface area contributed by atoms with Crippen molar-refractivity contribution in [1.82, 2.24) is 5.32 Å². The van der Waals surface area contributed by atoms with Gasteiger partial charge in [0.15, 0.2) is 0 Å². The molecule has 1 unspecified atom stereocenters. The van der Waals surface area contributed by atoms with Gasteiger partial charge in [0.1, 0.15) is 18.1 Å². The van der Waals surface area contributed by atoms with Gasteiger partial charge in [0, 0.05) is 22.7 Å². The summed E-state index contributed by atoms with van der Waals surface area (Å²) in [4.78, 5) is 24.0. The number of amides is 1. The number of aliphatic carboxylic acids is 1. The molecule has 0 fully saturated rings. The van der Waals surface area contributed by atoms with E-state index in [1.807, 2.05) is 0 Å². The van der Waals surface area contributed by atoms with Gasteiger partial charge < -0.3 is 19.9 Å². The Morgan fingerprint density at radius 1 is 1.21 bits per heavy atom. The van der Waals surface area contributed by atoms with E-state index in [9.17, 15) is 27.9 Å². The summed E-state index contributed by atoms with van der Waals surface area (Å²) in [6.07, 6.45) is -1.35. The minimum Gasteiger partial charge on any atom is -0.493 e. The van der Waals surface area contributed by atoms with Crippen LogP contribution in [0.25, 0.3) is 0 Å². The number of nitrogens with one attached hydrogen (secondary N) is 1. The third-order valence-electron chi connectivity index (χ3n) is 5.67. The van der Waals surface area contributed by atoms with E-state index in [-0.39, 0.29) is 47.4 Å². The molecule has 0 saturated carbocycles. The lowest BCUT2D eigenvalue weighted by atomic mass is 9.92. The van der Waals surface area contributed by atoms with Crippen molar-refractivity contribution in [2.45, 2.75) is 19.0 Å². The first-order valence-electron chi connectivity index (χ1n) is 11.4. The Kier molecular flexibility index (Phi) is 9.88. The van der Waals surface area contributed by atoms with Crippen LogP contribution in [0, 0.1) is 5.92 Å². The van der Waals surface area contributed by atoms with Gasteiger partial charge in [0.25, 0.3) is 5.91 Å². The summed E-state index contributed by atoms with van der Waals surface area (Å²) < 4.78 is 50.8. The van der Waals surface area contributed by atoms with Gasteiger partial charge in [-0.05, 0) is 67.0 Å². The molecule has 1 amide bonds. The first kappa shape index (κ1) is 29.1. The van der Waals surface area contributed by atoms with Crippen LogP contribution in [-0.4, -0.2) is 36.7 Å². The van der Waals surface area contributed by atoms with Gasteiger partial charge in [-0.2, -0.15) is 13.2 Å². The van der Waals surface area contributed by atoms with E-state index >= 15 is 0 Å². The molecule has 3 rings (SSSR count). The third-order valence-corrected chi connectivity index (χ3v) is 6.12. The number of ether oxygens (including phenoxy) is 2. The molecule has 6 nitrogen and oxygen atoms in total. The average Bonchev–Trinajstić information content (AvgIpc) is 2.88. The van der Waals surface area contributed by atoms with Crippen LogP contribution in [0.1, 0.15) is 27.9 Å². The van der Waals surface area contributed by atoms with Crippen molar-refractivity contribution < 1.29 is 37.3 Å². The van der Waals surface area contributed by atoms with Gasteiger partial charge in [0.05, 0.1) is 23.1 Å². The predicted octanol–water partition coefficient (Wildman–Crippen LogP) is 6.39. The average molecular weight is 570 g/mol. The Labute approximate surface area is 227 Å². The van der Waals surface area contributed by atoms with Crippen molar-refractivity contribution >= 4 is 35.1 Å². The zero-order valence-electron chi connectivity index (χ0n) is 20.0. The molecule has 0 aliphatic carbocycles. The zero-order valence-corrected chi connectivity index (χ0v) is 21.5. The molecule has 0 aromatic heterocycles. The van der Waals surface area contributed by atoms with Gasteiger partial charge in [0.2, 0.25) is 0 Å². The maximum absolute atomic E-state index is 13.2. The Balaban J connectivity index is 1.56. The molecule has 1 heterocycles. The summed E-state index contributed by atoms with van der Waals surface area (Å²) in [5.41, 5.74) is -0.114. The van der Waals surface area contributed by atoms with Gasteiger partial charge >= 0.3 is 12.1 Å². The van der Waals surface area contributed by atoms with Crippen molar-refractivity contribution in [1.29, 1.82) is 0 Å². The Bertz CT molecular complexity index is 1260. The van der Waals surface area contributed by atoms with Crippen molar-refractivity contribution in [3.8, 4) is 5.75 Å². The van der Waals surface area contributed by atoms with E-state index in [0.29, 0.717) is 23.5 Å². The minimum absolute atomic E-state index is 0.00814. The van der Waals surface area contributed by atoms with Crippen molar-refractivity contribution in [2.24, 2.45) is 5.92 Å². The number of hydrogen-bond donors (Lipinski definition) is 2. The van der Waals surface area contributed by atoms with E-state index in [0.717, 1.165) is 6.07 Å². The van der Waals surface area contributed by atoms with Gasteiger partial charge in [-0.3, -0.25) is 9.59 Å². The molecule has 0 spiro atoms. The lowest BCUT2D eigenvalue weighted by Gasteiger charge is -2.23. The molecule has 1 aliphatic heterocycles. The molecule has 0 radical (unpaired) electrons. The lowest BCUT2D eigenvalue weighted by Crippen LogP contribution is -2.26. The molecule has 1 aliphatic rings. The highest BCUT2D eigenvalue weighted by molar-refractivity contribution is 6.30. The maximum atomic E-state index is 13.2. The Morgan fingerprint density at radius 3 is 2.55 bits per heavy atom. The van der Waals surface area contributed by atoms with Crippen LogP contribution >= 0.6 is 23.2 Å². The van der Waals surface area contributed by atoms with E-state index in [4.69, 9.17) is 32.7 Å². The maximum Gasteiger partial charge on any atom is 0.416 e. The Morgan fingerprint density at radius 2 is 1.92 bits per heavy atom. The van der Waals surface area contributed by atoms with Crippen LogP contribution in [0.15, 0.2) is 77.6 Å². The number of allylic oxidation sites excluding steroid dienone is 2. The van der Waals surface area contributed by atoms with Crippen molar-refractivity contribution in [3.05, 3.63) is 99.3 Å². The highest BCUT2D eigenvalue weighted by Crippen LogP contribution is 2.34. The van der Waals surface area contributed by atoms with Crippen LogP contribution in [0.5, 0.6) is 5.75 Å². The fraction of sp³-hybridized carbons (Fsp3) is 0.259. The smallest absolute Gasteiger partial charge is 0.416 e. The molecule has 38 heavy (non-hydrogen) atoms. The number of carbonyl (C=O) groups excluding carboxylic acids is 1. The molecular weight excluding hydrogens is 546 g/mol. The van der Waals surface area contributed by atoms with E-state index in [1.165, 1.54) is 48.6 Å². The standard InChI is InChI=1S/C27H24Cl2F3NO5/c1-2-24-22(21(26(35)36)10-12-37-24)13-19(29)15-38-20-7-4-17(5-8-20)25(34)33-11-9-16-3-6-18(28)14-23(16)27(30,31)32/h2-8,13-14,21H,1,9-12,15H2,(H,33,34)(H,35,36)/b19-13+. The van der Waals surface area contributed by atoms with Crippen LogP contribution in [-0.2, 0) is 22.1 Å². The lowest BCUT2D eigenvalue weighted by molar-refractivity contribution is -0.141. The second-order valence-corrected chi connectivity index (χ2v) is 9.18. The molecule has 0 bridgehead atoms. The second kappa shape index (κ2) is 12.9. The Hall–Kier alpha value is -3.43. The third kappa shape index (κ3) is 7.79. The normalized spacial score (nSPS) is 16.0. The molecule has 2 aromatic rings. The predicted molar refractivity (Wildman–Crippen MR) is 137 cm³/mol. The molecule has 202 valence electrons. The summed E-state index contributed by atoms with van der Waals surface area (Å²) >= 11 is 12.0. The summed E-state index contributed by atoms with van der Waals surface area (Å²) in [6, 6.07) is 9.61. The number of rotatable bonds is 10. The molecular formula is C27H24Cl2F3NO5. The summed E-state index contributed by atoms with van der Waals surface area (Å²) in [5.74, 6) is -1.48. The first-order chi connectivity index (χ1) is 18.0. The molecule has 0 saturated heterocycles. The summed E-state index contributed by atoms with van der Waals surface area (Å²) in [7, 11) is 0. The van der Waals surface area contributed by atoms with E-state index in [1.54, 1.807) is 0 Å². The van der Waals surface area contributed by atoms with Crippen LogP contribution in [0.3, 0.4) is 0 Å². The number of carbonyl (C=O) groups is 2. The van der Waals surface area contributed by atoms with Crippen LogP contribution < -0.4 is 10.1 Å². The number of carboxylic acid groups (broad SMARTS) is 1. The number of benzene rings is 2. The summed E-state index contributed by atoms with van der Waals surface area (Å²) in [5, 5.41) is 12.3.